The molecule has 2 heterocycles. The Morgan fingerprint density at radius 2 is 1.74 bits per heavy atom. The summed E-state index contributed by atoms with van der Waals surface area (Å²) in [7, 11) is 3.92. The van der Waals surface area contributed by atoms with Crippen LogP contribution in [0.5, 0.6) is 5.75 Å². The molecule has 0 radical (unpaired) electrons. The van der Waals surface area contributed by atoms with Gasteiger partial charge in [-0.25, -0.2) is 0 Å². The Balaban J connectivity index is 1.79. The van der Waals surface area contributed by atoms with Gasteiger partial charge in [-0.05, 0) is 49.7 Å². The van der Waals surface area contributed by atoms with Gasteiger partial charge in [0, 0.05) is 36.6 Å². The standard InChI is InChI=1S/C26H34N4O/c1-19(2)15-29-18-28(4)17-24-25(29)20(3)30(16-21-11-13-23(31-5)14-12-21)26(24)27-22-9-7-6-8-10-22/h6-14,19,27H,15-18H2,1-5H3. The topological polar surface area (TPSA) is 32.7 Å². The summed E-state index contributed by atoms with van der Waals surface area (Å²) >= 11 is 0. The molecule has 0 fully saturated rings. The second-order valence-electron chi connectivity index (χ2n) is 8.96. The van der Waals surface area contributed by atoms with Crippen molar-refractivity contribution < 1.29 is 4.74 Å². The maximum Gasteiger partial charge on any atom is 0.118 e. The zero-order valence-corrected chi connectivity index (χ0v) is 19.4. The molecule has 5 nitrogen and oxygen atoms in total. The molecule has 0 unspecified atom stereocenters. The Hall–Kier alpha value is -2.92. The number of hydrogen-bond donors (Lipinski definition) is 1. The second kappa shape index (κ2) is 9.06. The summed E-state index contributed by atoms with van der Waals surface area (Å²) in [6.07, 6.45) is 0. The first-order valence-electron chi connectivity index (χ1n) is 11.1. The SMILES string of the molecule is COc1ccc(Cn2c(C)c3c(c2Nc2ccccc2)CN(C)CN3CC(C)C)cc1. The first kappa shape index (κ1) is 21.3. The predicted octanol–water partition coefficient (Wildman–Crippen LogP) is 5.46. The van der Waals surface area contributed by atoms with Crippen LogP contribution >= 0.6 is 0 Å². The molecule has 0 aliphatic carbocycles. The molecular formula is C26H34N4O. The van der Waals surface area contributed by atoms with Crippen LogP contribution in [0.4, 0.5) is 17.2 Å². The van der Waals surface area contributed by atoms with Crippen LogP contribution in [0.3, 0.4) is 0 Å². The molecule has 5 heteroatoms. The van der Waals surface area contributed by atoms with E-state index in [1.54, 1.807) is 7.11 Å². The van der Waals surface area contributed by atoms with Crippen molar-refractivity contribution in [3.63, 3.8) is 0 Å². The van der Waals surface area contributed by atoms with E-state index in [4.69, 9.17) is 4.74 Å². The fraction of sp³-hybridized carbons (Fsp3) is 0.385. The first-order valence-corrected chi connectivity index (χ1v) is 11.1. The lowest BCUT2D eigenvalue weighted by Crippen LogP contribution is -2.42. The molecule has 1 N–H and O–H groups in total. The minimum atomic E-state index is 0.606. The van der Waals surface area contributed by atoms with Crippen LogP contribution in [0.1, 0.15) is 30.7 Å². The Bertz CT molecular complexity index is 1010. The number of hydrogen-bond acceptors (Lipinski definition) is 4. The summed E-state index contributed by atoms with van der Waals surface area (Å²) in [6, 6.07) is 18.9. The molecule has 31 heavy (non-hydrogen) atoms. The molecule has 0 saturated heterocycles. The van der Waals surface area contributed by atoms with E-state index in [-0.39, 0.29) is 0 Å². The number of nitrogens with one attached hydrogen (secondary N) is 1. The highest BCUT2D eigenvalue weighted by atomic mass is 16.5. The normalized spacial score (nSPS) is 14.1. The number of fused-ring (bicyclic) bond motifs is 1. The van der Waals surface area contributed by atoms with Crippen LogP contribution in [-0.4, -0.2) is 36.8 Å². The molecule has 4 rings (SSSR count). The average Bonchev–Trinajstić information content (AvgIpc) is 3.00. The molecule has 1 aromatic heterocycles. The number of rotatable bonds is 7. The van der Waals surface area contributed by atoms with E-state index in [1.807, 2.05) is 12.1 Å². The van der Waals surface area contributed by atoms with Gasteiger partial charge in [-0.3, -0.25) is 4.90 Å². The highest BCUT2D eigenvalue weighted by Crippen LogP contribution is 2.40. The van der Waals surface area contributed by atoms with Gasteiger partial charge in [0.05, 0.1) is 19.5 Å². The van der Waals surface area contributed by atoms with E-state index >= 15 is 0 Å². The fourth-order valence-electron chi connectivity index (χ4n) is 4.54. The maximum absolute atomic E-state index is 5.34. The van der Waals surface area contributed by atoms with Crippen LogP contribution in [0, 0.1) is 12.8 Å². The summed E-state index contributed by atoms with van der Waals surface area (Å²) in [4.78, 5) is 4.94. The number of nitrogens with zero attached hydrogens (tertiary/aromatic N) is 3. The summed E-state index contributed by atoms with van der Waals surface area (Å²) in [5, 5.41) is 3.74. The van der Waals surface area contributed by atoms with E-state index in [0.29, 0.717) is 5.92 Å². The van der Waals surface area contributed by atoms with E-state index in [1.165, 1.54) is 28.3 Å². The Morgan fingerprint density at radius 1 is 1.03 bits per heavy atom. The van der Waals surface area contributed by atoms with Crippen LogP contribution in [-0.2, 0) is 13.1 Å². The molecule has 164 valence electrons. The Labute approximate surface area is 186 Å². The van der Waals surface area contributed by atoms with Crippen LogP contribution in [0.25, 0.3) is 0 Å². The first-order chi connectivity index (χ1) is 15.0. The van der Waals surface area contributed by atoms with Gasteiger partial charge in [0.15, 0.2) is 0 Å². The highest BCUT2D eigenvalue weighted by Gasteiger charge is 2.30. The number of methoxy groups -OCH3 is 1. The van der Waals surface area contributed by atoms with Crippen LogP contribution in [0.15, 0.2) is 54.6 Å². The van der Waals surface area contributed by atoms with E-state index in [9.17, 15) is 0 Å². The monoisotopic (exact) mass is 418 g/mol. The van der Waals surface area contributed by atoms with Gasteiger partial charge in [0.25, 0.3) is 0 Å². The predicted molar refractivity (Wildman–Crippen MR) is 130 cm³/mol. The zero-order chi connectivity index (χ0) is 22.0. The molecule has 0 spiro atoms. The third-order valence-electron chi connectivity index (χ3n) is 5.87. The van der Waals surface area contributed by atoms with Gasteiger partial charge in [-0.15, -0.1) is 0 Å². The van der Waals surface area contributed by atoms with Crippen molar-refractivity contribution in [2.45, 2.75) is 33.9 Å². The van der Waals surface area contributed by atoms with Gasteiger partial charge in [0.1, 0.15) is 11.6 Å². The van der Waals surface area contributed by atoms with Gasteiger partial charge in [0.2, 0.25) is 0 Å². The minimum Gasteiger partial charge on any atom is -0.497 e. The van der Waals surface area contributed by atoms with Crippen molar-refractivity contribution in [2.24, 2.45) is 5.92 Å². The molecule has 0 amide bonds. The third-order valence-corrected chi connectivity index (χ3v) is 5.87. The number of aromatic nitrogens is 1. The zero-order valence-electron chi connectivity index (χ0n) is 19.4. The fourth-order valence-corrected chi connectivity index (χ4v) is 4.54. The molecule has 2 aromatic carbocycles. The Morgan fingerprint density at radius 3 is 2.39 bits per heavy atom. The Kier molecular flexibility index (Phi) is 6.23. The van der Waals surface area contributed by atoms with Crippen molar-refractivity contribution in [1.82, 2.24) is 9.47 Å². The van der Waals surface area contributed by atoms with Gasteiger partial charge in [-0.1, -0.05) is 44.2 Å². The molecule has 0 atom stereocenters. The van der Waals surface area contributed by atoms with Crippen molar-refractivity contribution in [3.8, 4) is 5.75 Å². The molecular weight excluding hydrogens is 384 g/mol. The van der Waals surface area contributed by atoms with Gasteiger partial charge < -0.3 is 19.5 Å². The van der Waals surface area contributed by atoms with E-state index < -0.39 is 0 Å². The average molecular weight is 419 g/mol. The number of benzene rings is 2. The van der Waals surface area contributed by atoms with Gasteiger partial charge >= 0.3 is 0 Å². The number of anilines is 3. The maximum atomic E-state index is 5.34. The van der Waals surface area contributed by atoms with Crippen LogP contribution < -0.4 is 15.0 Å². The minimum absolute atomic E-state index is 0.606. The van der Waals surface area contributed by atoms with Crippen molar-refractivity contribution in [2.75, 3.05) is 37.6 Å². The lowest BCUT2D eigenvalue weighted by atomic mass is 10.1. The summed E-state index contributed by atoms with van der Waals surface area (Å²) in [5.74, 6) is 2.68. The molecule has 0 bridgehead atoms. The smallest absolute Gasteiger partial charge is 0.118 e. The third kappa shape index (κ3) is 4.57. The summed E-state index contributed by atoms with van der Waals surface area (Å²) in [5.41, 5.74) is 6.46. The molecule has 1 aliphatic heterocycles. The lowest BCUT2D eigenvalue weighted by Gasteiger charge is -2.36. The molecule has 3 aromatic rings. The largest absolute Gasteiger partial charge is 0.497 e. The molecule has 0 saturated carbocycles. The van der Waals surface area contributed by atoms with Gasteiger partial charge in [-0.2, -0.15) is 0 Å². The van der Waals surface area contributed by atoms with E-state index in [2.05, 4.69) is 90.0 Å². The number of para-hydroxylation sites is 1. The van der Waals surface area contributed by atoms with Crippen molar-refractivity contribution in [3.05, 3.63) is 71.4 Å². The summed E-state index contributed by atoms with van der Waals surface area (Å²) < 4.78 is 7.78. The van der Waals surface area contributed by atoms with Crippen molar-refractivity contribution in [1.29, 1.82) is 0 Å². The second-order valence-corrected chi connectivity index (χ2v) is 8.96. The van der Waals surface area contributed by atoms with E-state index in [0.717, 1.165) is 37.7 Å². The summed E-state index contributed by atoms with van der Waals surface area (Å²) in [6.45, 7) is 10.6. The lowest BCUT2D eigenvalue weighted by molar-refractivity contribution is 0.304. The van der Waals surface area contributed by atoms with Crippen LogP contribution in [0.2, 0.25) is 0 Å². The number of ether oxygens (including phenoxy) is 1. The highest BCUT2D eigenvalue weighted by molar-refractivity contribution is 5.74. The van der Waals surface area contributed by atoms with Crippen molar-refractivity contribution >= 4 is 17.2 Å². The quantitative estimate of drug-likeness (QED) is 0.552. The molecule has 1 aliphatic rings.